The van der Waals surface area contributed by atoms with E-state index in [1.54, 1.807) is 11.2 Å². The first-order valence-corrected chi connectivity index (χ1v) is 8.80. The van der Waals surface area contributed by atoms with Crippen LogP contribution in [0.3, 0.4) is 0 Å². The molecule has 1 aromatic heterocycles. The van der Waals surface area contributed by atoms with Crippen LogP contribution in [0.1, 0.15) is 35.9 Å². The fourth-order valence-electron chi connectivity index (χ4n) is 3.28. The lowest BCUT2D eigenvalue weighted by molar-refractivity contribution is -0.126. The SMILES string of the molecule is C[C@H](Cc1ccco1)NC(=O)[C@H]1CCCN(C(=O)c2ccccc2)C1. The monoisotopic (exact) mass is 340 g/mol. The number of furan rings is 1. The van der Waals surface area contributed by atoms with Crippen LogP contribution < -0.4 is 5.32 Å². The second kappa shape index (κ2) is 8.01. The second-order valence-electron chi connectivity index (χ2n) is 6.65. The van der Waals surface area contributed by atoms with Crippen LogP contribution in [-0.2, 0) is 11.2 Å². The highest BCUT2D eigenvalue weighted by molar-refractivity contribution is 5.94. The van der Waals surface area contributed by atoms with Crippen molar-refractivity contribution in [3.05, 3.63) is 60.1 Å². The van der Waals surface area contributed by atoms with Crippen LogP contribution in [0.5, 0.6) is 0 Å². The standard InChI is InChI=1S/C20H24N2O3/c1-15(13-18-10-6-12-25-18)21-19(23)17-9-5-11-22(14-17)20(24)16-7-3-2-4-8-16/h2-4,6-8,10,12,15,17H,5,9,11,13-14H2,1H3,(H,21,23)/t15-,17+/m1/s1. The van der Waals surface area contributed by atoms with E-state index in [9.17, 15) is 9.59 Å². The number of benzene rings is 1. The van der Waals surface area contributed by atoms with E-state index >= 15 is 0 Å². The fraction of sp³-hybridized carbons (Fsp3) is 0.400. The lowest BCUT2D eigenvalue weighted by atomic mass is 9.96. The summed E-state index contributed by atoms with van der Waals surface area (Å²) in [5.41, 5.74) is 0.676. The number of hydrogen-bond donors (Lipinski definition) is 1. The molecule has 0 radical (unpaired) electrons. The van der Waals surface area contributed by atoms with Crippen molar-refractivity contribution in [3.8, 4) is 0 Å². The molecule has 1 aliphatic heterocycles. The summed E-state index contributed by atoms with van der Waals surface area (Å²) in [6, 6.07) is 13.0. The third kappa shape index (κ3) is 4.50. The largest absolute Gasteiger partial charge is 0.469 e. The van der Waals surface area contributed by atoms with Gasteiger partial charge in [0.25, 0.3) is 5.91 Å². The molecular formula is C20H24N2O3. The summed E-state index contributed by atoms with van der Waals surface area (Å²) < 4.78 is 5.32. The summed E-state index contributed by atoms with van der Waals surface area (Å²) >= 11 is 0. The Morgan fingerprint density at radius 1 is 1.24 bits per heavy atom. The van der Waals surface area contributed by atoms with Crippen molar-refractivity contribution in [3.63, 3.8) is 0 Å². The normalized spacial score (nSPS) is 18.6. The maximum atomic E-state index is 12.6. The molecule has 0 bridgehead atoms. The minimum absolute atomic E-state index is 0.00106. The van der Waals surface area contributed by atoms with Crippen molar-refractivity contribution in [2.45, 2.75) is 32.2 Å². The van der Waals surface area contributed by atoms with Crippen molar-refractivity contribution in [2.24, 2.45) is 5.92 Å². The molecule has 2 atom stereocenters. The van der Waals surface area contributed by atoms with Crippen LogP contribution in [0.4, 0.5) is 0 Å². The minimum Gasteiger partial charge on any atom is -0.469 e. The molecule has 2 aromatic rings. The van der Waals surface area contributed by atoms with Crippen LogP contribution in [-0.4, -0.2) is 35.8 Å². The summed E-state index contributed by atoms with van der Waals surface area (Å²) in [4.78, 5) is 26.9. The molecule has 132 valence electrons. The predicted molar refractivity (Wildman–Crippen MR) is 95.1 cm³/mol. The highest BCUT2D eigenvalue weighted by Crippen LogP contribution is 2.19. The number of nitrogens with zero attached hydrogens (tertiary/aromatic N) is 1. The first-order chi connectivity index (χ1) is 12.1. The molecule has 2 heterocycles. The van der Waals surface area contributed by atoms with Crippen molar-refractivity contribution in [1.82, 2.24) is 10.2 Å². The molecule has 1 aromatic carbocycles. The Morgan fingerprint density at radius 3 is 2.76 bits per heavy atom. The Bertz CT molecular complexity index is 697. The Morgan fingerprint density at radius 2 is 2.04 bits per heavy atom. The molecule has 1 N–H and O–H groups in total. The predicted octanol–water partition coefficient (Wildman–Crippen LogP) is 2.88. The Balaban J connectivity index is 1.55. The first-order valence-electron chi connectivity index (χ1n) is 8.80. The van der Waals surface area contributed by atoms with Gasteiger partial charge in [0, 0.05) is 31.1 Å². The number of amides is 2. The van der Waals surface area contributed by atoms with Gasteiger partial charge >= 0.3 is 0 Å². The van der Waals surface area contributed by atoms with Gasteiger partial charge in [-0.1, -0.05) is 18.2 Å². The molecule has 25 heavy (non-hydrogen) atoms. The number of carbonyl (C=O) groups excluding carboxylic acids is 2. The smallest absolute Gasteiger partial charge is 0.253 e. The number of likely N-dealkylation sites (tertiary alicyclic amines) is 1. The zero-order chi connectivity index (χ0) is 17.6. The van der Waals surface area contributed by atoms with E-state index in [2.05, 4.69) is 5.32 Å². The van der Waals surface area contributed by atoms with Gasteiger partial charge in [-0.15, -0.1) is 0 Å². The summed E-state index contributed by atoms with van der Waals surface area (Å²) in [6.07, 6.45) is 3.97. The van der Waals surface area contributed by atoms with Gasteiger partial charge in [-0.3, -0.25) is 9.59 Å². The number of nitrogens with one attached hydrogen (secondary N) is 1. The average molecular weight is 340 g/mol. The van der Waals surface area contributed by atoms with Crippen molar-refractivity contribution in [2.75, 3.05) is 13.1 Å². The third-order valence-corrected chi connectivity index (χ3v) is 4.58. The Kier molecular flexibility index (Phi) is 5.53. The van der Waals surface area contributed by atoms with E-state index < -0.39 is 0 Å². The quantitative estimate of drug-likeness (QED) is 0.910. The summed E-state index contributed by atoms with van der Waals surface area (Å²) in [5, 5.41) is 3.05. The minimum atomic E-state index is -0.152. The second-order valence-corrected chi connectivity index (χ2v) is 6.65. The summed E-state index contributed by atoms with van der Waals surface area (Å²) in [7, 11) is 0. The third-order valence-electron chi connectivity index (χ3n) is 4.58. The summed E-state index contributed by atoms with van der Waals surface area (Å²) in [5.74, 6) is 0.726. The maximum Gasteiger partial charge on any atom is 0.253 e. The van der Waals surface area contributed by atoms with E-state index in [0.717, 1.165) is 18.6 Å². The van der Waals surface area contributed by atoms with Crippen LogP contribution in [0.25, 0.3) is 0 Å². The summed E-state index contributed by atoms with van der Waals surface area (Å²) in [6.45, 7) is 3.16. The molecule has 1 fully saturated rings. The molecule has 0 aliphatic carbocycles. The van der Waals surface area contributed by atoms with Crippen molar-refractivity contribution < 1.29 is 14.0 Å². The number of carbonyl (C=O) groups is 2. The molecule has 5 heteroatoms. The van der Waals surface area contributed by atoms with E-state index in [4.69, 9.17) is 4.42 Å². The molecule has 1 aliphatic rings. The van der Waals surface area contributed by atoms with Crippen LogP contribution in [0.2, 0.25) is 0 Å². The molecule has 1 saturated heterocycles. The van der Waals surface area contributed by atoms with Gasteiger partial charge in [0.2, 0.25) is 5.91 Å². The highest BCUT2D eigenvalue weighted by Gasteiger charge is 2.29. The van der Waals surface area contributed by atoms with Crippen LogP contribution in [0.15, 0.2) is 53.1 Å². The Labute approximate surface area is 148 Å². The molecule has 5 nitrogen and oxygen atoms in total. The maximum absolute atomic E-state index is 12.6. The molecule has 2 amide bonds. The van der Waals surface area contributed by atoms with Crippen LogP contribution in [0, 0.1) is 5.92 Å². The Hall–Kier alpha value is -2.56. The number of rotatable bonds is 5. The lowest BCUT2D eigenvalue weighted by Crippen LogP contribution is -2.47. The van der Waals surface area contributed by atoms with E-state index in [1.807, 2.05) is 49.4 Å². The van der Waals surface area contributed by atoms with Crippen molar-refractivity contribution in [1.29, 1.82) is 0 Å². The van der Waals surface area contributed by atoms with Gasteiger partial charge in [0.1, 0.15) is 5.76 Å². The van der Waals surface area contributed by atoms with Gasteiger partial charge in [0.15, 0.2) is 0 Å². The average Bonchev–Trinajstić information content (AvgIpc) is 3.14. The van der Waals surface area contributed by atoms with E-state index in [-0.39, 0.29) is 23.8 Å². The zero-order valence-corrected chi connectivity index (χ0v) is 14.5. The molecular weight excluding hydrogens is 316 g/mol. The van der Waals surface area contributed by atoms with Gasteiger partial charge in [0.05, 0.1) is 12.2 Å². The van der Waals surface area contributed by atoms with E-state index in [0.29, 0.717) is 25.1 Å². The number of hydrogen-bond acceptors (Lipinski definition) is 3. The fourth-order valence-corrected chi connectivity index (χ4v) is 3.28. The molecule has 3 rings (SSSR count). The van der Waals surface area contributed by atoms with E-state index in [1.165, 1.54) is 0 Å². The topological polar surface area (TPSA) is 62.6 Å². The highest BCUT2D eigenvalue weighted by atomic mass is 16.3. The molecule has 0 unspecified atom stereocenters. The van der Waals surface area contributed by atoms with Crippen LogP contribution >= 0.6 is 0 Å². The molecule has 0 saturated carbocycles. The van der Waals surface area contributed by atoms with Gasteiger partial charge in [-0.05, 0) is 44.0 Å². The number of piperidine rings is 1. The van der Waals surface area contributed by atoms with Gasteiger partial charge in [-0.25, -0.2) is 0 Å². The molecule has 0 spiro atoms. The van der Waals surface area contributed by atoms with Gasteiger partial charge < -0.3 is 14.6 Å². The zero-order valence-electron chi connectivity index (χ0n) is 14.5. The first kappa shape index (κ1) is 17.3. The van der Waals surface area contributed by atoms with Crippen molar-refractivity contribution >= 4 is 11.8 Å². The van der Waals surface area contributed by atoms with Gasteiger partial charge in [-0.2, -0.15) is 0 Å². The lowest BCUT2D eigenvalue weighted by Gasteiger charge is -2.32.